The first-order valence-corrected chi connectivity index (χ1v) is 12.2. The van der Waals surface area contributed by atoms with Crippen LogP contribution in [-0.4, -0.2) is 65.4 Å². The number of likely N-dealkylation sites (tertiary alicyclic amines) is 1. The lowest BCUT2D eigenvalue weighted by atomic mass is 9.92. The van der Waals surface area contributed by atoms with Crippen LogP contribution in [0.25, 0.3) is 11.1 Å². The van der Waals surface area contributed by atoms with Crippen LogP contribution in [0.4, 0.5) is 5.82 Å². The molecule has 1 amide bonds. The molecule has 0 spiro atoms. The molecule has 4 aliphatic rings. The van der Waals surface area contributed by atoms with Gasteiger partial charge in [0.25, 0.3) is 5.91 Å². The molecule has 2 saturated heterocycles. The molecule has 4 N–H and O–H groups in total. The number of benzene rings is 1. The number of nitrogens with two attached hydrogens (primary N) is 1. The molecule has 33 heavy (non-hydrogen) atoms. The van der Waals surface area contributed by atoms with Crippen molar-refractivity contribution in [2.75, 3.05) is 32.0 Å². The number of amides is 1. The first-order valence-electron chi connectivity index (χ1n) is 12.2. The van der Waals surface area contributed by atoms with Gasteiger partial charge in [-0.2, -0.15) is 0 Å². The summed E-state index contributed by atoms with van der Waals surface area (Å²) in [6.07, 6.45) is 5.79. The van der Waals surface area contributed by atoms with E-state index in [-0.39, 0.29) is 23.9 Å². The number of aliphatic hydroxyl groups excluding tert-OH is 1. The SMILES string of the molecule is Nc1ncc(-c2ccc([C@]34C[C@@H]3CN(C3COC3)C4)cc2)cc1C(=O)NC1CCC(O)CC1. The van der Waals surface area contributed by atoms with E-state index in [1.807, 2.05) is 6.07 Å². The Hall–Kier alpha value is -2.48. The smallest absolute Gasteiger partial charge is 0.255 e. The normalized spacial score (nSPS) is 31.6. The van der Waals surface area contributed by atoms with Crippen molar-refractivity contribution in [3.8, 4) is 11.1 Å². The Balaban J connectivity index is 1.16. The van der Waals surface area contributed by atoms with Crippen LogP contribution >= 0.6 is 0 Å². The molecule has 2 aliphatic heterocycles. The number of pyridine rings is 1. The molecule has 2 aromatic rings. The summed E-state index contributed by atoms with van der Waals surface area (Å²) in [5.74, 6) is 0.818. The molecule has 2 aliphatic carbocycles. The zero-order valence-corrected chi connectivity index (χ0v) is 18.9. The Kier molecular flexibility index (Phi) is 5.16. The largest absolute Gasteiger partial charge is 0.393 e. The topological polar surface area (TPSA) is 101 Å². The number of nitrogens with zero attached hydrogens (tertiary/aromatic N) is 2. The zero-order chi connectivity index (χ0) is 22.6. The van der Waals surface area contributed by atoms with Crippen molar-refractivity contribution in [2.45, 2.75) is 55.7 Å². The van der Waals surface area contributed by atoms with Crippen molar-refractivity contribution >= 4 is 11.7 Å². The lowest BCUT2D eigenvalue weighted by Gasteiger charge is -2.36. The second-order valence-electron chi connectivity index (χ2n) is 10.4. The molecule has 0 unspecified atom stereocenters. The number of rotatable bonds is 5. The predicted octanol–water partition coefficient (Wildman–Crippen LogP) is 2.34. The average Bonchev–Trinajstić information content (AvgIpc) is 3.36. The second-order valence-corrected chi connectivity index (χ2v) is 10.4. The van der Waals surface area contributed by atoms with Crippen molar-refractivity contribution < 1.29 is 14.6 Å². The van der Waals surface area contributed by atoms with Gasteiger partial charge in [-0.15, -0.1) is 0 Å². The van der Waals surface area contributed by atoms with Crippen molar-refractivity contribution in [3.05, 3.63) is 47.7 Å². The van der Waals surface area contributed by atoms with E-state index in [2.05, 4.69) is 39.5 Å². The number of nitrogen functional groups attached to an aromatic ring is 1. The Bertz CT molecular complexity index is 1050. The molecule has 174 valence electrons. The molecule has 1 aromatic carbocycles. The minimum Gasteiger partial charge on any atom is -0.393 e. The number of aliphatic hydroxyl groups is 1. The van der Waals surface area contributed by atoms with Gasteiger partial charge in [-0.3, -0.25) is 9.69 Å². The van der Waals surface area contributed by atoms with Crippen LogP contribution in [0, 0.1) is 5.92 Å². The van der Waals surface area contributed by atoms with E-state index in [0.29, 0.717) is 17.0 Å². The van der Waals surface area contributed by atoms with Gasteiger partial charge in [0.15, 0.2) is 0 Å². The van der Waals surface area contributed by atoms with Gasteiger partial charge in [0.2, 0.25) is 0 Å². The number of carbonyl (C=O) groups excluding carboxylic acids is 1. The quantitative estimate of drug-likeness (QED) is 0.649. The van der Waals surface area contributed by atoms with Gasteiger partial charge in [-0.05, 0) is 55.2 Å². The first-order chi connectivity index (χ1) is 16.0. The number of aromatic nitrogens is 1. The van der Waals surface area contributed by atoms with E-state index in [0.717, 1.165) is 62.5 Å². The third-order valence-corrected chi connectivity index (χ3v) is 8.30. The van der Waals surface area contributed by atoms with Crippen LogP contribution < -0.4 is 11.1 Å². The fraction of sp³-hybridized carbons (Fsp3) is 0.538. The number of hydrogen-bond acceptors (Lipinski definition) is 6. The third kappa shape index (κ3) is 3.82. The number of nitrogens with one attached hydrogen (secondary N) is 1. The van der Waals surface area contributed by atoms with E-state index >= 15 is 0 Å². The van der Waals surface area contributed by atoms with Gasteiger partial charge in [-0.1, -0.05) is 24.3 Å². The van der Waals surface area contributed by atoms with Gasteiger partial charge >= 0.3 is 0 Å². The monoisotopic (exact) mass is 448 g/mol. The van der Waals surface area contributed by atoms with Crippen molar-refractivity contribution in [3.63, 3.8) is 0 Å². The predicted molar refractivity (Wildman–Crippen MR) is 126 cm³/mol. The van der Waals surface area contributed by atoms with Crippen LogP contribution in [0.2, 0.25) is 0 Å². The number of hydrogen-bond donors (Lipinski definition) is 3. The highest BCUT2D eigenvalue weighted by molar-refractivity contribution is 5.99. The second kappa shape index (κ2) is 8.08. The number of ether oxygens (including phenoxy) is 1. The summed E-state index contributed by atoms with van der Waals surface area (Å²) < 4.78 is 5.39. The van der Waals surface area contributed by atoms with Gasteiger partial charge in [0.05, 0.1) is 30.9 Å². The van der Waals surface area contributed by atoms with E-state index < -0.39 is 0 Å². The molecule has 7 nitrogen and oxygen atoms in total. The van der Waals surface area contributed by atoms with E-state index in [1.165, 1.54) is 18.5 Å². The molecular weight excluding hydrogens is 416 g/mol. The number of anilines is 1. The lowest BCUT2D eigenvalue weighted by Crippen LogP contribution is -2.49. The molecule has 3 heterocycles. The highest BCUT2D eigenvalue weighted by Crippen LogP contribution is 2.59. The summed E-state index contributed by atoms with van der Waals surface area (Å²) in [6, 6.07) is 11.3. The number of piperidine rings is 1. The molecule has 0 bridgehead atoms. The molecular formula is C26H32N4O3. The molecule has 6 rings (SSSR count). The van der Waals surface area contributed by atoms with Crippen LogP contribution in [0.3, 0.4) is 0 Å². The lowest BCUT2D eigenvalue weighted by molar-refractivity contribution is -0.0610. The van der Waals surface area contributed by atoms with Gasteiger partial charge < -0.3 is 20.9 Å². The molecule has 7 heteroatoms. The fourth-order valence-corrected chi connectivity index (χ4v) is 5.97. The van der Waals surface area contributed by atoms with Crippen LogP contribution in [0.5, 0.6) is 0 Å². The molecule has 1 aromatic heterocycles. The van der Waals surface area contributed by atoms with Gasteiger partial charge in [-0.25, -0.2) is 4.98 Å². The summed E-state index contributed by atoms with van der Waals surface area (Å²) in [5.41, 5.74) is 10.1. The maximum Gasteiger partial charge on any atom is 0.255 e. The molecule has 2 saturated carbocycles. The van der Waals surface area contributed by atoms with E-state index in [1.54, 1.807) is 6.20 Å². The molecule has 2 atom stereocenters. The fourth-order valence-electron chi connectivity index (χ4n) is 5.97. The maximum absolute atomic E-state index is 12.9. The van der Waals surface area contributed by atoms with Crippen LogP contribution in [0.15, 0.2) is 36.5 Å². The Morgan fingerprint density at radius 3 is 2.61 bits per heavy atom. The minimum atomic E-state index is -0.249. The van der Waals surface area contributed by atoms with Crippen molar-refractivity contribution in [1.82, 2.24) is 15.2 Å². The van der Waals surface area contributed by atoms with Crippen LogP contribution in [0.1, 0.15) is 48.0 Å². The highest BCUT2D eigenvalue weighted by atomic mass is 16.5. The Morgan fingerprint density at radius 1 is 1.15 bits per heavy atom. The third-order valence-electron chi connectivity index (χ3n) is 8.30. The first kappa shape index (κ1) is 21.1. The average molecular weight is 449 g/mol. The minimum absolute atomic E-state index is 0.0754. The summed E-state index contributed by atoms with van der Waals surface area (Å²) in [4.78, 5) is 19.8. The Labute approximate surface area is 194 Å². The van der Waals surface area contributed by atoms with E-state index in [9.17, 15) is 9.90 Å². The van der Waals surface area contributed by atoms with Gasteiger partial charge in [0.1, 0.15) is 5.82 Å². The molecule has 0 radical (unpaired) electrons. The standard InChI is InChI=1S/C26H32N4O3/c27-24-23(25(32)29-20-5-7-22(31)8-6-20)9-17(11-28-24)16-1-3-18(4-2-16)26-10-19(26)12-30(15-26)21-13-33-14-21/h1-4,9,11,19-22,31H,5-8,10,12-15H2,(H2,27,28)(H,29,32)/t19-,20?,22?,26-/m1/s1. The van der Waals surface area contributed by atoms with E-state index in [4.69, 9.17) is 10.5 Å². The summed E-state index contributed by atoms with van der Waals surface area (Å²) in [5, 5.41) is 12.8. The van der Waals surface area contributed by atoms with Crippen LogP contribution in [-0.2, 0) is 10.2 Å². The Morgan fingerprint density at radius 2 is 1.91 bits per heavy atom. The summed E-state index contributed by atoms with van der Waals surface area (Å²) in [7, 11) is 0. The van der Waals surface area contributed by atoms with Gasteiger partial charge in [0, 0.05) is 36.3 Å². The molecule has 4 fully saturated rings. The summed E-state index contributed by atoms with van der Waals surface area (Å²) >= 11 is 0. The van der Waals surface area contributed by atoms with Crippen molar-refractivity contribution in [1.29, 1.82) is 0 Å². The highest BCUT2D eigenvalue weighted by Gasteiger charge is 2.61. The number of carbonyl (C=O) groups is 1. The maximum atomic E-state index is 12.9. The number of fused-ring (bicyclic) bond motifs is 1. The summed E-state index contributed by atoms with van der Waals surface area (Å²) in [6.45, 7) is 4.09. The zero-order valence-electron chi connectivity index (χ0n) is 18.9. The van der Waals surface area contributed by atoms with Crippen molar-refractivity contribution in [2.24, 2.45) is 5.92 Å².